The Hall–Kier alpha value is -4.77. The summed E-state index contributed by atoms with van der Waals surface area (Å²) in [4.78, 5) is 25.8. The minimum absolute atomic E-state index is 0.0151. The van der Waals surface area contributed by atoms with Gasteiger partial charge in [-0.1, -0.05) is 66.7 Å². The second-order valence-electron chi connectivity index (χ2n) is 16.2. The Labute approximate surface area is 336 Å². The molecule has 1 spiro atoms. The van der Waals surface area contributed by atoms with Crippen molar-refractivity contribution in [1.82, 2.24) is 10.2 Å². The maximum atomic E-state index is 14.5. The number of carbonyl (C=O) groups is 2. The Balaban J connectivity index is 0.000000440. The largest absolute Gasteiger partial charge is 0.493 e. The van der Waals surface area contributed by atoms with Gasteiger partial charge in [0.05, 0.1) is 18.8 Å². The fourth-order valence-electron chi connectivity index (χ4n) is 9.59. The molecule has 0 saturated carbocycles. The van der Waals surface area contributed by atoms with Crippen molar-refractivity contribution in [3.63, 3.8) is 0 Å². The number of piperidine rings is 3. The lowest BCUT2D eigenvalue weighted by Crippen LogP contribution is -2.44. The van der Waals surface area contributed by atoms with E-state index in [9.17, 15) is 14.0 Å². The molecule has 4 fully saturated rings. The quantitative estimate of drug-likeness (QED) is 0.137. The Bertz CT molecular complexity index is 1930. The van der Waals surface area contributed by atoms with Crippen LogP contribution in [0.15, 0.2) is 97.1 Å². The fourth-order valence-corrected chi connectivity index (χ4v) is 9.59. The normalized spacial score (nSPS) is 23.3. The predicted molar refractivity (Wildman–Crippen MR) is 222 cm³/mol. The predicted octanol–water partition coefficient (Wildman–Crippen LogP) is 7.39. The second kappa shape index (κ2) is 18.7. The molecule has 0 aromatic heterocycles. The molecule has 57 heavy (non-hydrogen) atoms. The van der Waals surface area contributed by atoms with Gasteiger partial charge in [0.2, 0.25) is 11.8 Å². The Kier molecular flexibility index (Phi) is 13.2. The minimum Gasteiger partial charge on any atom is -0.493 e. The number of halogens is 1. The summed E-state index contributed by atoms with van der Waals surface area (Å²) < 4.78 is 27.3. The first kappa shape index (κ1) is 40.4. The molecule has 0 radical (unpaired) electrons. The molecule has 4 N–H and O–H groups in total. The number of anilines is 2. The van der Waals surface area contributed by atoms with Crippen LogP contribution in [-0.4, -0.2) is 80.5 Å². The van der Waals surface area contributed by atoms with E-state index in [1.165, 1.54) is 28.4 Å². The highest BCUT2D eigenvalue weighted by Gasteiger charge is 2.43. The van der Waals surface area contributed by atoms with E-state index < -0.39 is 0 Å². The highest BCUT2D eigenvalue weighted by Crippen LogP contribution is 2.46. The smallest absolute Gasteiger partial charge is 0.226 e. The van der Waals surface area contributed by atoms with Gasteiger partial charge in [-0.3, -0.25) is 14.9 Å². The second-order valence-corrected chi connectivity index (χ2v) is 16.2. The number of amides is 2. The number of ether oxygens (including phenoxy) is 2. The topological polar surface area (TPSA) is 117 Å². The number of para-hydroxylation sites is 1. The molecule has 3 unspecified atom stereocenters. The molecule has 5 aliphatic rings. The van der Waals surface area contributed by atoms with Crippen LogP contribution in [0.5, 0.6) is 5.75 Å². The van der Waals surface area contributed by atoms with E-state index in [0.29, 0.717) is 37.5 Å². The summed E-state index contributed by atoms with van der Waals surface area (Å²) >= 11 is 0. The maximum Gasteiger partial charge on any atom is 0.226 e. The summed E-state index contributed by atoms with van der Waals surface area (Å²) in [6.07, 6.45) is 7.03. The van der Waals surface area contributed by atoms with Gasteiger partial charge < -0.3 is 30.1 Å². The van der Waals surface area contributed by atoms with E-state index in [2.05, 4.69) is 94.0 Å². The third-order valence-electron chi connectivity index (χ3n) is 12.5. The van der Waals surface area contributed by atoms with Crippen molar-refractivity contribution in [3.8, 4) is 5.75 Å². The average molecular weight is 777 g/mol. The van der Waals surface area contributed by atoms with Gasteiger partial charge in [0.15, 0.2) is 0 Å². The number of aliphatic hydroxyl groups excluding tert-OH is 1. The molecule has 5 aliphatic heterocycles. The van der Waals surface area contributed by atoms with Crippen LogP contribution in [0.25, 0.3) is 0 Å². The molecule has 4 aromatic carbocycles. The molecule has 4 aromatic rings. The number of likely N-dealkylation sites (tertiary alicyclic amines) is 1. The van der Waals surface area contributed by atoms with Crippen LogP contribution in [0.3, 0.4) is 0 Å². The van der Waals surface area contributed by atoms with Crippen molar-refractivity contribution in [1.29, 1.82) is 0 Å². The molecule has 302 valence electrons. The van der Waals surface area contributed by atoms with Crippen LogP contribution in [0.2, 0.25) is 0 Å². The summed E-state index contributed by atoms with van der Waals surface area (Å²) in [6, 6.07) is 33.8. The van der Waals surface area contributed by atoms with Gasteiger partial charge in [-0.15, -0.1) is 0 Å². The molecule has 9 rings (SSSR count). The highest BCUT2D eigenvalue weighted by atomic mass is 19.1. The molecule has 0 aliphatic carbocycles. The zero-order valence-corrected chi connectivity index (χ0v) is 33.1. The molecule has 5 heterocycles. The molecule has 3 atom stereocenters. The van der Waals surface area contributed by atoms with Gasteiger partial charge in [0.25, 0.3) is 0 Å². The van der Waals surface area contributed by atoms with E-state index in [1.807, 2.05) is 12.1 Å². The van der Waals surface area contributed by atoms with Gasteiger partial charge in [-0.05, 0) is 110 Å². The molecule has 10 heteroatoms. The van der Waals surface area contributed by atoms with Crippen molar-refractivity contribution >= 4 is 23.2 Å². The minimum atomic E-state index is -0.154. The number of nitrogen functional groups attached to an aromatic ring is 1. The van der Waals surface area contributed by atoms with Gasteiger partial charge in [-0.25, -0.2) is 4.39 Å². The summed E-state index contributed by atoms with van der Waals surface area (Å²) in [7, 11) is 1.00. The lowest BCUT2D eigenvalue weighted by Gasteiger charge is -2.40. The monoisotopic (exact) mass is 776 g/mol. The zero-order chi connectivity index (χ0) is 39.8. The van der Waals surface area contributed by atoms with Crippen LogP contribution in [0, 0.1) is 11.7 Å². The molecular formula is C47H57FN4O5. The first-order valence-electron chi connectivity index (χ1n) is 20.6. The molecule has 4 saturated heterocycles. The molecular weight excluding hydrogens is 720 g/mol. The van der Waals surface area contributed by atoms with Crippen LogP contribution in [0.4, 0.5) is 15.8 Å². The Morgan fingerprint density at radius 1 is 0.807 bits per heavy atom. The molecule has 2 amide bonds. The van der Waals surface area contributed by atoms with Crippen molar-refractivity contribution < 1.29 is 28.6 Å². The molecule has 0 bridgehead atoms. The van der Waals surface area contributed by atoms with Crippen LogP contribution >= 0.6 is 0 Å². The first-order valence-corrected chi connectivity index (χ1v) is 20.6. The number of benzene rings is 4. The third-order valence-corrected chi connectivity index (χ3v) is 12.5. The summed E-state index contributed by atoms with van der Waals surface area (Å²) in [5.41, 5.74) is 12.3. The Morgan fingerprint density at radius 2 is 1.49 bits per heavy atom. The SMILES string of the molecule is CO.Nc1ccc(C2CCN(CC3COC4(CCN(c5ccc(C6c7ccccc7OCC6c6ccccc6)cc5)CC4)C3)CC2)c(F)c1.O=C1CCCC(=O)N1. The molecule has 9 nitrogen and oxygen atoms in total. The van der Waals surface area contributed by atoms with Gasteiger partial charge >= 0.3 is 0 Å². The zero-order valence-electron chi connectivity index (χ0n) is 33.1. The van der Waals surface area contributed by atoms with E-state index in [0.717, 1.165) is 89.9 Å². The van der Waals surface area contributed by atoms with Crippen molar-refractivity contribution in [3.05, 3.63) is 125 Å². The van der Waals surface area contributed by atoms with Crippen LogP contribution < -0.4 is 20.7 Å². The van der Waals surface area contributed by atoms with E-state index in [4.69, 9.17) is 20.3 Å². The van der Waals surface area contributed by atoms with Gasteiger partial charge in [0.1, 0.15) is 11.6 Å². The van der Waals surface area contributed by atoms with Gasteiger partial charge in [0, 0.05) is 68.4 Å². The lowest BCUT2D eigenvalue weighted by molar-refractivity contribution is -0.132. The van der Waals surface area contributed by atoms with Crippen molar-refractivity contribution in [2.45, 2.75) is 74.7 Å². The number of aliphatic hydroxyl groups is 1. The van der Waals surface area contributed by atoms with E-state index in [1.54, 1.807) is 0 Å². The Morgan fingerprint density at radius 3 is 2.16 bits per heavy atom. The number of nitrogens with zero attached hydrogens (tertiary/aromatic N) is 2. The van der Waals surface area contributed by atoms with Crippen LogP contribution in [-0.2, 0) is 14.3 Å². The van der Waals surface area contributed by atoms with E-state index >= 15 is 0 Å². The number of rotatable bonds is 6. The number of fused-ring (bicyclic) bond motifs is 1. The number of hydrogen-bond donors (Lipinski definition) is 3. The third kappa shape index (κ3) is 9.68. The van der Waals surface area contributed by atoms with Crippen LogP contribution in [0.1, 0.15) is 91.4 Å². The fraction of sp³-hybridized carbons (Fsp3) is 0.447. The van der Waals surface area contributed by atoms with Crippen molar-refractivity contribution in [2.24, 2.45) is 5.92 Å². The number of nitrogens with two attached hydrogens (primary N) is 1. The standard InChI is InChI=1S/C41H46FN3O2.C5H7NO2.CH4O/c42-38-24-33(43)12-15-35(38)31-16-20-44(21-17-31)26-29-25-41(47-27-29)18-22-45(23-19-41)34-13-10-32(11-14-34)40-36-8-4-5-9-39(36)46-28-37(40)30-6-2-1-3-7-30;7-4-2-1-3-5(8)6-4;1-2/h1-15,24,29,31,37,40H,16-23,25-28,43H2;1-3H2,(H,6,7,8);2H,1H3. The number of hydrogen-bond acceptors (Lipinski definition) is 8. The number of imide groups is 1. The first-order chi connectivity index (χ1) is 27.8. The highest BCUT2D eigenvalue weighted by molar-refractivity contribution is 5.97. The number of nitrogens with one attached hydrogen (secondary N) is 1. The number of carbonyl (C=O) groups excluding carboxylic acids is 2. The lowest BCUT2D eigenvalue weighted by atomic mass is 9.76. The maximum absolute atomic E-state index is 14.5. The average Bonchev–Trinajstić information content (AvgIpc) is 3.63. The summed E-state index contributed by atoms with van der Waals surface area (Å²) in [5.74, 6) is 1.97. The van der Waals surface area contributed by atoms with E-state index in [-0.39, 0.29) is 41.0 Å². The summed E-state index contributed by atoms with van der Waals surface area (Å²) in [5, 5.41) is 9.20. The van der Waals surface area contributed by atoms with Gasteiger partial charge in [-0.2, -0.15) is 0 Å². The summed E-state index contributed by atoms with van der Waals surface area (Å²) in [6.45, 7) is 6.72. The van der Waals surface area contributed by atoms with Crippen molar-refractivity contribution in [2.75, 3.05) is 63.7 Å².